The second-order valence-electron chi connectivity index (χ2n) is 3.73. The average molecular weight is 211 g/mol. The van der Waals surface area contributed by atoms with Crippen LogP contribution < -0.4 is 10.1 Å². The first-order valence-corrected chi connectivity index (χ1v) is 5.19. The van der Waals surface area contributed by atoms with Crippen molar-refractivity contribution >= 4 is 0 Å². The molecule has 0 aromatic heterocycles. The van der Waals surface area contributed by atoms with Crippen LogP contribution in [0.25, 0.3) is 0 Å². The fraction of sp³-hybridized carbons (Fsp3) is 0.500. The van der Waals surface area contributed by atoms with Crippen LogP contribution in [-0.4, -0.2) is 19.7 Å². The van der Waals surface area contributed by atoms with Gasteiger partial charge in [-0.25, -0.2) is 4.39 Å². The number of nitrogens with one attached hydrogen (secondary N) is 1. The molecule has 1 rings (SSSR count). The van der Waals surface area contributed by atoms with Crippen molar-refractivity contribution in [3.05, 3.63) is 29.8 Å². The number of rotatable bonds is 5. The van der Waals surface area contributed by atoms with Crippen LogP contribution in [0.15, 0.2) is 24.3 Å². The molecule has 1 unspecified atom stereocenters. The quantitative estimate of drug-likeness (QED) is 0.808. The van der Waals surface area contributed by atoms with Gasteiger partial charge in [0.05, 0.1) is 6.10 Å². The summed E-state index contributed by atoms with van der Waals surface area (Å²) >= 11 is 0. The Morgan fingerprint density at radius 3 is 2.60 bits per heavy atom. The summed E-state index contributed by atoms with van der Waals surface area (Å²) in [7, 11) is 1.73. The molecule has 1 N–H and O–H groups in total. The minimum absolute atomic E-state index is 0.0629. The first-order valence-electron chi connectivity index (χ1n) is 5.19. The van der Waals surface area contributed by atoms with E-state index in [1.165, 1.54) is 0 Å². The standard InChI is InChI=1S/C12H18FNO/c1-9(2)15-12-7-5-4-6-10(12)11(13)8-14-3/h4-7,9,11,14H,8H2,1-3H3. The lowest BCUT2D eigenvalue weighted by Gasteiger charge is -2.16. The van der Waals surface area contributed by atoms with Gasteiger partial charge < -0.3 is 10.1 Å². The largest absolute Gasteiger partial charge is 0.491 e. The second-order valence-corrected chi connectivity index (χ2v) is 3.73. The molecule has 1 aromatic rings. The van der Waals surface area contributed by atoms with E-state index in [-0.39, 0.29) is 6.10 Å². The molecule has 1 aromatic carbocycles. The summed E-state index contributed by atoms with van der Waals surface area (Å²) in [5.74, 6) is 0.634. The smallest absolute Gasteiger partial charge is 0.141 e. The van der Waals surface area contributed by atoms with Gasteiger partial charge in [0.15, 0.2) is 0 Å². The van der Waals surface area contributed by atoms with Crippen molar-refractivity contribution in [2.45, 2.75) is 26.1 Å². The highest BCUT2D eigenvalue weighted by Crippen LogP contribution is 2.27. The lowest BCUT2D eigenvalue weighted by Crippen LogP contribution is -2.15. The number of alkyl halides is 1. The molecule has 84 valence electrons. The Morgan fingerprint density at radius 2 is 2.00 bits per heavy atom. The summed E-state index contributed by atoms with van der Waals surface area (Å²) in [6.07, 6.45) is -0.960. The van der Waals surface area contributed by atoms with Crippen LogP contribution in [0.2, 0.25) is 0 Å². The van der Waals surface area contributed by atoms with E-state index in [1.807, 2.05) is 26.0 Å². The summed E-state index contributed by atoms with van der Waals surface area (Å²) in [5.41, 5.74) is 0.612. The zero-order chi connectivity index (χ0) is 11.3. The molecule has 0 fully saturated rings. The summed E-state index contributed by atoms with van der Waals surface area (Å²) in [5, 5.41) is 2.82. The molecule has 0 aliphatic carbocycles. The van der Waals surface area contributed by atoms with Crippen LogP contribution in [-0.2, 0) is 0 Å². The highest BCUT2D eigenvalue weighted by molar-refractivity contribution is 5.35. The van der Waals surface area contributed by atoms with Gasteiger partial charge in [-0.05, 0) is 27.0 Å². The predicted octanol–water partition coefficient (Wildman–Crippen LogP) is 2.70. The maximum atomic E-state index is 13.7. The Labute approximate surface area is 90.4 Å². The van der Waals surface area contributed by atoms with Crippen molar-refractivity contribution in [2.75, 3.05) is 13.6 Å². The van der Waals surface area contributed by atoms with Gasteiger partial charge in [-0.3, -0.25) is 0 Å². The topological polar surface area (TPSA) is 21.3 Å². The van der Waals surface area contributed by atoms with Gasteiger partial charge in [-0.2, -0.15) is 0 Å². The van der Waals surface area contributed by atoms with Gasteiger partial charge in [0, 0.05) is 12.1 Å². The Morgan fingerprint density at radius 1 is 1.33 bits per heavy atom. The lowest BCUT2D eigenvalue weighted by atomic mass is 10.1. The highest BCUT2D eigenvalue weighted by atomic mass is 19.1. The molecule has 0 saturated heterocycles. The van der Waals surface area contributed by atoms with Crippen LogP contribution in [0.4, 0.5) is 4.39 Å². The van der Waals surface area contributed by atoms with Crippen molar-refractivity contribution in [3.63, 3.8) is 0 Å². The molecular weight excluding hydrogens is 193 g/mol. The van der Waals surface area contributed by atoms with Gasteiger partial charge in [0.1, 0.15) is 11.9 Å². The first-order chi connectivity index (χ1) is 7.15. The molecule has 0 spiro atoms. The van der Waals surface area contributed by atoms with E-state index in [0.717, 1.165) is 0 Å². The van der Waals surface area contributed by atoms with E-state index in [9.17, 15) is 4.39 Å². The lowest BCUT2D eigenvalue weighted by molar-refractivity contribution is 0.230. The Balaban J connectivity index is 2.85. The van der Waals surface area contributed by atoms with Crippen molar-refractivity contribution < 1.29 is 9.13 Å². The SMILES string of the molecule is CNCC(F)c1ccccc1OC(C)C. The molecule has 2 nitrogen and oxygen atoms in total. The zero-order valence-corrected chi connectivity index (χ0v) is 9.46. The van der Waals surface area contributed by atoms with Gasteiger partial charge in [-0.1, -0.05) is 18.2 Å². The number of benzene rings is 1. The number of hydrogen-bond donors (Lipinski definition) is 1. The molecular formula is C12H18FNO. The average Bonchev–Trinajstić information content (AvgIpc) is 2.18. The normalized spacial score (nSPS) is 12.9. The molecule has 0 amide bonds. The first kappa shape index (κ1) is 12.0. The number of para-hydroxylation sites is 1. The van der Waals surface area contributed by atoms with Crippen LogP contribution in [0.3, 0.4) is 0 Å². The van der Waals surface area contributed by atoms with Crippen molar-refractivity contribution in [2.24, 2.45) is 0 Å². The van der Waals surface area contributed by atoms with Gasteiger partial charge >= 0.3 is 0 Å². The monoisotopic (exact) mass is 211 g/mol. The van der Waals surface area contributed by atoms with E-state index in [1.54, 1.807) is 19.2 Å². The molecule has 0 heterocycles. The minimum atomic E-state index is -1.02. The van der Waals surface area contributed by atoms with Gasteiger partial charge in [0.2, 0.25) is 0 Å². The van der Waals surface area contributed by atoms with Crippen molar-refractivity contribution in [3.8, 4) is 5.75 Å². The van der Waals surface area contributed by atoms with Crippen LogP contribution in [0.5, 0.6) is 5.75 Å². The van der Waals surface area contributed by atoms with E-state index < -0.39 is 6.17 Å². The molecule has 0 radical (unpaired) electrons. The summed E-state index contributed by atoms with van der Waals surface area (Å²) < 4.78 is 19.2. The summed E-state index contributed by atoms with van der Waals surface area (Å²) in [4.78, 5) is 0. The highest BCUT2D eigenvalue weighted by Gasteiger charge is 2.14. The third kappa shape index (κ3) is 3.51. The number of likely N-dealkylation sites (N-methyl/N-ethyl adjacent to an activating group) is 1. The number of halogens is 1. The Hall–Kier alpha value is -1.09. The number of ether oxygens (including phenoxy) is 1. The van der Waals surface area contributed by atoms with Crippen molar-refractivity contribution in [1.82, 2.24) is 5.32 Å². The molecule has 3 heteroatoms. The molecule has 15 heavy (non-hydrogen) atoms. The fourth-order valence-electron chi connectivity index (χ4n) is 1.39. The predicted molar refractivity (Wildman–Crippen MR) is 60.0 cm³/mol. The fourth-order valence-corrected chi connectivity index (χ4v) is 1.39. The third-order valence-electron chi connectivity index (χ3n) is 2.00. The summed E-state index contributed by atoms with van der Waals surface area (Å²) in [6.45, 7) is 4.17. The van der Waals surface area contributed by atoms with Gasteiger partial charge in [-0.15, -0.1) is 0 Å². The van der Waals surface area contributed by atoms with Crippen molar-refractivity contribution in [1.29, 1.82) is 0 Å². The maximum Gasteiger partial charge on any atom is 0.141 e. The van der Waals surface area contributed by atoms with E-state index in [0.29, 0.717) is 17.9 Å². The second kappa shape index (κ2) is 5.71. The van der Waals surface area contributed by atoms with Crippen LogP contribution in [0, 0.1) is 0 Å². The molecule has 0 bridgehead atoms. The molecule has 0 saturated carbocycles. The van der Waals surface area contributed by atoms with Crippen LogP contribution in [0.1, 0.15) is 25.6 Å². The molecule has 0 aliphatic heterocycles. The molecule has 1 atom stereocenters. The van der Waals surface area contributed by atoms with E-state index in [2.05, 4.69) is 5.32 Å². The van der Waals surface area contributed by atoms with E-state index in [4.69, 9.17) is 4.74 Å². The van der Waals surface area contributed by atoms with Crippen LogP contribution >= 0.6 is 0 Å². The van der Waals surface area contributed by atoms with Gasteiger partial charge in [0.25, 0.3) is 0 Å². The maximum absolute atomic E-state index is 13.7. The number of hydrogen-bond acceptors (Lipinski definition) is 2. The Bertz CT molecular complexity index is 301. The Kier molecular flexibility index (Phi) is 4.56. The zero-order valence-electron chi connectivity index (χ0n) is 9.46. The molecule has 0 aliphatic rings. The minimum Gasteiger partial charge on any atom is -0.491 e. The summed E-state index contributed by atoms with van der Waals surface area (Å²) in [6, 6.07) is 7.25. The third-order valence-corrected chi connectivity index (χ3v) is 2.00. The van der Waals surface area contributed by atoms with E-state index >= 15 is 0 Å².